The lowest BCUT2D eigenvalue weighted by atomic mass is 9.91. The molecule has 0 saturated carbocycles. The van der Waals surface area contributed by atoms with Gasteiger partial charge in [0.1, 0.15) is 35.4 Å². The molecule has 0 spiro atoms. The number of cyclic esters (lactones) is 1. The van der Waals surface area contributed by atoms with Gasteiger partial charge >= 0.3 is 24.0 Å². The fourth-order valence-corrected chi connectivity index (χ4v) is 5.10. The van der Waals surface area contributed by atoms with Crippen LogP contribution in [-0.2, 0) is 35.0 Å². The molecule has 15 nitrogen and oxygen atoms in total. The third-order valence-electron chi connectivity index (χ3n) is 7.34. The van der Waals surface area contributed by atoms with Crippen molar-refractivity contribution in [2.24, 2.45) is 11.5 Å². The van der Waals surface area contributed by atoms with Crippen molar-refractivity contribution in [3.63, 3.8) is 0 Å². The number of nitrogens with two attached hydrogens (primary N) is 2. The fraction of sp³-hybridized carbons (Fsp3) is 0.645. The number of hydrogen-bond acceptors (Lipinski definition) is 12. The van der Waals surface area contributed by atoms with Crippen molar-refractivity contribution in [3.8, 4) is 5.75 Å². The molecule has 256 valence electrons. The molecule has 46 heavy (non-hydrogen) atoms. The van der Waals surface area contributed by atoms with E-state index in [1.54, 1.807) is 65.8 Å². The SMILES string of the molecule is CC(C)(C)OC(=O)C(CC(C(=N)N)N1CCNCC1)N1CC(COc2ccc(CC(N)(C(=O)O)C(=O)OC(C)(C)C)cc2)OC1=O. The molecule has 1 amide bonds. The Hall–Kier alpha value is -3.95. The van der Waals surface area contributed by atoms with Gasteiger partial charge in [0, 0.05) is 39.0 Å². The number of rotatable bonds is 13. The summed E-state index contributed by atoms with van der Waals surface area (Å²) < 4.78 is 22.3. The molecule has 2 saturated heterocycles. The van der Waals surface area contributed by atoms with Crippen molar-refractivity contribution in [2.75, 3.05) is 39.3 Å². The second kappa shape index (κ2) is 14.6. The molecule has 1 aromatic rings. The van der Waals surface area contributed by atoms with Crippen LogP contribution in [0.5, 0.6) is 5.75 Å². The first kappa shape index (κ1) is 36.5. The number of carboxylic acids is 1. The molecule has 0 bridgehead atoms. The molecule has 1 aromatic carbocycles. The number of hydrogen-bond donors (Lipinski definition) is 5. The molecule has 0 radical (unpaired) electrons. The molecular weight excluding hydrogens is 600 g/mol. The summed E-state index contributed by atoms with van der Waals surface area (Å²) in [4.78, 5) is 54.2. The number of nitrogens with one attached hydrogen (secondary N) is 2. The van der Waals surface area contributed by atoms with Crippen LogP contribution >= 0.6 is 0 Å². The third kappa shape index (κ3) is 10.0. The van der Waals surface area contributed by atoms with Crippen LogP contribution in [0.2, 0.25) is 0 Å². The van der Waals surface area contributed by atoms with Crippen LogP contribution in [0.4, 0.5) is 4.79 Å². The average molecular weight is 649 g/mol. The summed E-state index contributed by atoms with van der Waals surface area (Å²) in [7, 11) is 0. The van der Waals surface area contributed by atoms with Gasteiger partial charge in [-0.1, -0.05) is 12.1 Å². The van der Waals surface area contributed by atoms with E-state index in [1.165, 1.54) is 4.90 Å². The zero-order valence-electron chi connectivity index (χ0n) is 27.5. The Morgan fingerprint density at radius 3 is 2.15 bits per heavy atom. The molecule has 3 rings (SSSR count). The van der Waals surface area contributed by atoms with E-state index < -0.39 is 58.9 Å². The number of carboxylic acid groups (broad SMARTS) is 1. The lowest BCUT2D eigenvalue weighted by molar-refractivity contribution is -0.169. The van der Waals surface area contributed by atoms with Gasteiger partial charge in [0.2, 0.25) is 5.54 Å². The Kier molecular flexibility index (Phi) is 11.6. The van der Waals surface area contributed by atoms with Gasteiger partial charge in [-0.05, 0) is 59.2 Å². The summed E-state index contributed by atoms with van der Waals surface area (Å²) in [6.45, 7) is 12.8. The Balaban J connectivity index is 1.68. The normalized spacial score (nSPS) is 20.2. The van der Waals surface area contributed by atoms with E-state index in [1.807, 2.05) is 4.90 Å². The van der Waals surface area contributed by atoms with Crippen molar-refractivity contribution in [3.05, 3.63) is 29.8 Å². The lowest BCUT2D eigenvalue weighted by Gasteiger charge is -2.37. The number of ether oxygens (including phenoxy) is 4. The summed E-state index contributed by atoms with van der Waals surface area (Å²) >= 11 is 0. The first-order chi connectivity index (χ1) is 21.3. The molecule has 0 aromatic heterocycles. The van der Waals surface area contributed by atoms with Crippen LogP contribution in [0.25, 0.3) is 0 Å². The van der Waals surface area contributed by atoms with Gasteiger partial charge in [0.15, 0.2) is 6.10 Å². The number of carbonyl (C=O) groups excluding carboxylic acids is 3. The number of nitrogens with zero attached hydrogens (tertiary/aromatic N) is 2. The van der Waals surface area contributed by atoms with Gasteiger partial charge in [-0.15, -0.1) is 0 Å². The highest BCUT2D eigenvalue weighted by Crippen LogP contribution is 2.25. The van der Waals surface area contributed by atoms with Crippen molar-refractivity contribution in [1.29, 1.82) is 5.41 Å². The summed E-state index contributed by atoms with van der Waals surface area (Å²) in [5.74, 6) is -2.89. The minimum Gasteiger partial charge on any atom is -0.490 e. The maximum atomic E-state index is 13.4. The number of amidine groups is 1. The first-order valence-electron chi connectivity index (χ1n) is 15.3. The fourth-order valence-electron chi connectivity index (χ4n) is 5.10. The van der Waals surface area contributed by atoms with Crippen molar-refractivity contribution >= 4 is 29.8 Å². The third-order valence-corrected chi connectivity index (χ3v) is 7.34. The van der Waals surface area contributed by atoms with E-state index in [0.29, 0.717) is 37.5 Å². The molecule has 15 heteroatoms. The molecule has 2 aliphatic heterocycles. The molecule has 4 atom stereocenters. The smallest absolute Gasteiger partial charge is 0.411 e. The van der Waals surface area contributed by atoms with Crippen LogP contribution in [0.3, 0.4) is 0 Å². The van der Waals surface area contributed by atoms with Gasteiger partial charge < -0.3 is 40.8 Å². The molecule has 4 unspecified atom stereocenters. The van der Waals surface area contributed by atoms with Crippen LogP contribution < -0.4 is 21.5 Å². The van der Waals surface area contributed by atoms with Crippen molar-refractivity contribution in [2.45, 2.75) is 89.3 Å². The molecule has 7 N–H and O–H groups in total. The second-order valence-corrected chi connectivity index (χ2v) is 13.6. The molecular formula is C31H48N6O9. The van der Waals surface area contributed by atoms with Crippen LogP contribution in [0.1, 0.15) is 53.5 Å². The van der Waals surface area contributed by atoms with E-state index in [9.17, 15) is 24.3 Å². The predicted molar refractivity (Wildman–Crippen MR) is 167 cm³/mol. The Morgan fingerprint density at radius 1 is 1.04 bits per heavy atom. The number of carbonyl (C=O) groups is 4. The van der Waals surface area contributed by atoms with E-state index in [4.69, 9.17) is 35.8 Å². The van der Waals surface area contributed by atoms with Gasteiger partial charge in [0.25, 0.3) is 0 Å². The van der Waals surface area contributed by atoms with E-state index in [2.05, 4.69) is 5.32 Å². The van der Waals surface area contributed by atoms with E-state index >= 15 is 0 Å². The van der Waals surface area contributed by atoms with Gasteiger partial charge in [-0.3, -0.25) is 15.2 Å². The van der Waals surface area contributed by atoms with Gasteiger partial charge in [-0.25, -0.2) is 19.2 Å². The number of aliphatic carboxylic acids is 1. The Labute approximate surface area is 269 Å². The average Bonchev–Trinajstić information content (AvgIpc) is 3.31. The zero-order valence-corrected chi connectivity index (χ0v) is 27.5. The molecule has 2 aliphatic rings. The van der Waals surface area contributed by atoms with E-state index in [-0.39, 0.29) is 31.8 Å². The summed E-state index contributed by atoms with van der Waals surface area (Å²) in [6, 6.07) is 4.69. The van der Waals surface area contributed by atoms with Crippen LogP contribution in [-0.4, -0.2) is 119 Å². The standard InChI is InChI=1S/C31H48N6O9/c1-29(2,3)45-25(38)23(15-22(24(32)33)36-13-11-35-12-14-36)37-17-21(44-28(37)42)18-43-20-9-7-19(8-10-20)16-31(34,26(39)40)27(41)46-30(4,5)6/h7-10,21-23,35H,11-18,34H2,1-6H3,(H3,32,33)(H,39,40). The monoisotopic (exact) mass is 648 g/mol. The highest BCUT2D eigenvalue weighted by molar-refractivity contribution is 6.04. The minimum absolute atomic E-state index is 0.0373. The second-order valence-electron chi connectivity index (χ2n) is 13.6. The zero-order chi connectivity index (χ0) is 34.4. The van der Waals surface area contributed by atoms with Gasteiger partial charge in [-0.2, -0.15) is 0 Å². The minimum atomic E-state index is -2.28. The molecule has 2 fully saturated rings. The maximum Gasteiger partial charge on any atom is 0.411 e. The van der Waals surface area contributed by atoms with Crippen LogP contribution in [0, 0.1) is 5.41 Å². The number of benzene rings is 1. The Bertz CT molecular complexity index is 1270. The lowest BCUT2D eigenvalue weighted by Crippen LogP contribution is -2.58. The van der Waals surface area contributed by atoms with Crippen LogP contribution in [0.15, 0.2) is 24.3 Å². The highest BCUT2D eigenvalue weighted by Gasteiger charge is 2.46. The summed E-state index contributed by atoms with van der Waals surface area (Å²) in [6.07, 6.45) is -1.68. The summed E-state index contributed by atoms with van der Waals surface area (Å²) in [5.41, 5.74) is 8.41. The first-order valence-corrected chi connectivity index (χ1v) is 15.3. The highest BCUT2D eigenvalue weighted by atomic mass is 16.6. The predicted octanol–water partition coefficient (Wildman–Crippen LogP) is 0.863. The summed E-state index contributed by atoms with van der Waals surface area (Å²) in [5, 5.41) is 21.2. The maximum absolute atomic E-state index is 13.4. The number of amides is 1. The van der Waals surface area contributed by atoms with E-state index in [0.717, 1.165) is 0 Å². The Morgan fingerprint density at radius 2 is 1.63 bits per heavy atom. The number of piperazine rings is 1. The topological polar surface area (TPSA) is 220 Å². The molecule has 2 heterocycles. The number of esters is 2. The van der Waals surface area contributed by atoms with Crippen molar-refractivity contribution < 1.29 is 43.2 Å². The largest absolute Gasteiger partial charge is 0.490 e. The van der Waals surface area contributed by atoms with Crippen molar-refractivity contribution in [1.82, 2.24) is 15.1 Å². The molecule has 0 aliphatic carbocycles. The van der Waals surface area contributed by atoms with Gasteiger partial charge in [0.05, 0.1) is 12.6 Å². The quantitative estimate of drug-likeness (QED) is 0.0660.